The van der Waals surface area contributed by atoms with Gasteiger partial charge in [-0.05, 0) is 77.0 Å². The maximum Gasteiger partial charge on any atom is 0.220 e. The Hall–Kier alpha value is -1.43. The molecule has 5 heteroatoms. The third-order valence-electron chi connectivity index (χ3n) is 10.4. The Morgan fingerprint density at radius 2 is 0.788 bits per heavy atom. The van der Waals surface area contributed by atoms with Crippen LogP contribution in [0.15, 0.2) is 36.5 Å². The molecule has 0 fully saturated rings. The standard InChI is InChI=1S/C47H89NO4/c1-3-5-7-9-11-13-15-17-19-21-22-23-24-26-28-30-32-34-36-38-40-42-46(51)48-44(43-49)47(52)45(50)41-39-37-35-33-31-29-27-25-20-18-16-14-12-10-8-6-4-2/h23-25,27,33,35,44-45,47,49-50,52H,3-22,26,28-32,34,36-43H2,1-2H3,(H,48,51)/b24-23-,27-25+,35-33+. The smallest absolute Gasteiger partial charge is 0.220 e. The molecule has 0 aliphatic rings. The largest absolute Gasteiger partial charge is 0.394 e. The maximum absolute atomic E-state index is 12.4. The first kappa shape index (κ1) is 50.6. The van der Waals surface area contributed by atoms with E-state index in [9.17, 15) is 20.1 Å². The minimum absolute atomic E-state index is 0.162. The molecule has 0 spiro atoms. The lowest BCUT2D eigenvalue weighted by molar-refractivity contribution is -0.124. The number of aliphatic hydroxyl groups is 3. The van der Waals surface area contributed by atoms with Gasteiger partial charge in [-0.2, -0.15) is 0 Å². The van der Waals surface area contributed by atoms with Crippen LogP contribution in [0.4, 0.5) is 0 Å². The molecule has 3 atom stereocenters. The van der Waals surface area contributed by atoms with Crippen LogP contribution in [-0.2, 0) is 4.79 Å². The van der Waals surface area contributed by atoms with Crippen molar-refractivity contribution >= 4 is 5.91 Å². The number of hydrogen-bond donors (Lipinski definition) is 4. The molecule has 0 saturated carbocycles. The van der Waals surface area contributed by atoms with E-state index in [1.807, 2.05) is 0 Å². The highest BCUT2D eigenvalue weighted by atomic mass is 16.3. The van der Waals surface area contributed by atoms with Gasteiger partial charge in [0.05, 0.1) is 18.8 Å². The molecule has 0 aromatic heterocycles. The molecule has 0 radical (unpaired) electrons. The Labute approximate surface area is 324 Å². The van der Waals surface area contributed by atoms with Gasteiger partial charge in [0.1, 0.15) is 6.10 Å². The van der Waals surface area contributed by atoms with E-state index in [0.29, 0.717) is 12.8 Å². The van der Waals surface area contributed by atoms with E-state index in [1.165, 1.54) is 161 Å². The monoisotopic (exact) mass is 732 g/mol. The Kier molecular flexibility index (Phi) is 41.1. The summed E-state index contributed by atoms with van der Waals surface area (Å²) in [5, 5.41) is 33.5. The summed E-state index contributed by atoms with van der Waals surface area (Å²) >= 11 is 0. The molecule has 0 aromatic rings. The molecule has 0 rings (SSSR count). The van der Waals surface area contributed by atoms with Crippen molar-refractivity contribution in [1.29, 1.82) is 0 Å². The number of nitrogens with one attached hydrogen (secondary N) is 1. The third-order valence-corrected chi connectivity index (χ3v) is 10.4. The highest BCUT2D eigenvalue weighted by molar-refractivity contribution is 5.76. The predicted octanol–water partition coefficient (Wildman–Crippen LogP) is 13.2. The van der Waals surface area contributed by atoms with Crippen LogP contribution < -0.4 is 5.32 Å². The Bertz CT molecular complexity index is 809. The molecular weight excluding hydrogens is 643 g/mol. The van der Waals surface area contributed by atoms with Gasteiger partial charge in [0.25, 0.3) is 0 Å². The number of hydrogen-bond acceptors (Lipinski definition) is 4. The molecule has 5 nitrogen and oxygen atoms in total. The van der Waals surface area contributed by atoms with Crippen molar-refractivity contribution in [3.05, 3.63) is 36.5 Å². The molecule has 1 amide bonds. The molecular formula is C47H89NO4. The fourth-order valence-corrected chi connectivity index (χ4v) is 6.88. The van der Waals surface area contributed by atoms with E-state index in [4.69, 9.17) is 0 Å². The van der Waals surface area contributed by atoms with Crippen molar-refractivity contribution in [2.45, 2.75) is 250 Å². The van der Waals surface area contributed by atoms with E-state index in [1.54, 1.807) is 0 Å². The Balaban J connectivity index is 3.68. The van der Waals surface area contributed by atoms with Gasteiger partial charge in [0, 0.05) is 6.42 Å². The van der Waals surface area contributed by atoms with Crippen LogP contribution in [0.2, 0.25) is 0 Å². The minimum atomic E-state index is -1.17. The summed E-state index contributed by atoms with van der Waals surface area (Å²) < 4.78 is 0. The summed E-state index contributed by atoms with van der Waals surface area (Å²) in [5.74, 6) is -0.162. The van der Waals surface area contributed by atoms with Crippen molar-refractivity contribution in [2.24, 2.45) is 0 Å². The molecule has 0 aliphatic carbocycles. The first-order valence-electron chi connectivity index (χ1n) is 22.8. The second-order valence-corrected chi connectivity index (χ2v) is 15.6. The van der Waals surface area contributed by atoms with E-state index in [0.717, 1.165) is 44.9 Å². The summed E-state index contributed by atoms with van der Waals surface area (Å²) in [4.78, 5) is 12.4. The highest BCUT2D eigenvalue weighted by Crippen LogP contribution is 2.15. The molecule has 0 heterocycles. The average molecular weight is 732 g/mol. The van der Waals surface area contributed by atoms with Gasteiger partial charge in [-0.25, -0.2) is 0 Å². The third kappa shape index (κ3) is 36.9. The second-order valence-electron chi connectivity index (χ2n) is 15.6. The van der Waals surface area contributed by atoms with Crippen molar-refractivity contribution in [3.63, 3.8) is 0 Å². The molecule has 0 bridgehead atoms. The molecule has 0 aromatic carbocycles. The van der Waals surface area contributed by atoms with Crippen LogP contribution in [-0.4, -0.2) is 46.1 Å². The van der Waals surface area contributed by atoms with Crippen molar-refractivity contribution < 1.29 is 20.1 Å². The summed E-state index contributed by atoms with van der Waals surface area (Å²) in [6, 6.07) is -0.834. The normalized spacial score (nSPS) is 13.9. The highest BCUT2D eigenvalue weighted by Gasteiger charge is 2.26. The van der Waals surface area contributed by atoms with Gasteiger partial charge in [-0.3, -0.25) is 4.79 Å². The van der Waals surface area contributed by atoms with Crippen LogP contribution >= 0.6 is 0 Å². The van der Waals surface area contributed by atoms with Crippen LogP contribution in [0.5, 0.6) is 0 Å². The fraction of sp³-hybridized carbons (Fsp3) is 0.851. The molecule has 52 heavy (non-hydrogen) atoms. The van der Waals surface area contributed by atoms with Gasteiger partial charge in [0.2, 0.25) is 5.91 Å². The summed E-state index contributed by atoms with van der Waals surface area (Å²) in [5.41, 5.74) is 0. The van der Waals surface area contributed by atoms with Gasteiger partial charge in [0.15, 0.2) is 0 Å². The molecule has 3 unspecified atom stereocenters. The fourth-order valence-electron chi connectivity index (χ4n) is 6.88. The molecule has 4 N–H and O–H groups in total. The number of carbonyl (C=O) groups is 1. The molecule has 0 saturated heterocycles. The number of amides is 1. The number of carbonyl (C=O) groups excluding carboxylic acids is 1. The van der Waals surface area contributed by atoms with Gasteiger partial charge in [-0.15, -0.1) is 0 Å². The number of aliphatic hydroxyl groups excluding tert-OH is 3. The maximum atomic E-state index is 12.4. The number of rotatable bonds is 41. The van der Waals surface area contributed by atoms with Gasteiger partial charge >= 0.3 is 0 Å². The molecule has 306 valence electrons. The van der Waals surface area contributed by atoms with E-state index in [2.05, 4.69) is 55.6 Å². The Morgan fingerprint density at radius 1 is 0.462 bits per heavy atom. The van der Waals surface area contributed by atoms with E-state index in [-0.39, 0.29) is 12.5 Å². The minimum Gasteiger partial charge on any atom is -0.394 e. The van der Waals surface area contributed by atoms with Crippen LogP contribution in [0.3, 0.4) is 0 Å². The van der Waals surface area contributed by atoms with Crippen LogP contribution in [0, 0.1) is 0 Å². The van der Waals surface area contributed by atoms with E-state index < -0.39 is 18.2 Å². The van der Waals surface area contributed by atoms with Gasteiger partial charge < -0.3 is 20.6 Å². The topological polar surface area (TPSA) is 89.8 Å². The zero-order valence-electron chi connectivity index (χ0n) is 34.7. The zero-order valence-corrected chi connectivity index (χ0v) is 34.7. The van der Waals surface area contributed by atoms with E-state index >= 15 is 0 Å². The van der Waals surface area contributed by atoms with Crippen molar-refractivity contribution in [2.75, 3.05) is 6.61 Å². The zero-order chi connectivity index (χ0) is 38.0. The molecule has 0 aliphatic heterocycles. The van der Waals surface area contributed by atoms with Crippen molar-refractivity contribution in [3.8, 4) is 0 Å². The average Bonchev–Trinajstić information content (AvgIpc) is 3.15. The van der Waals surface area contributed by atoms with Gasteiger partial charge in [-0.1, -0.05) is 185 Å². The first-order valence-corrected chi connectivity index (χ1v) is 22.8. The lowest BCUT2D eigenvalue weighted by atomic mass is 10.0. The number of unbranched alkanes of at least 4 members (excludes halogenated alkanes) is 27. The summed E-state index contributed by atoms with van der Waals surface area (Å²) in [6.45, 7) is 4.16. The lowest BCUT2D eigenvalue weighted by Crippen LogP contribution is -2.50. The van der Waals surface area contributed by atoms with Crippen LogP contribution in [0.25, 0.3) is 0 Å². The van der Waals surface area contributed by atoms with Crippen LogP contribution in [0.1, 0.15) is 232 Å². The Morgan fingerprint density at radius 3 is 1.17 bits per heavy atom. The first-order chi connectivity index (χ1) is 25.6. The number of allylic oxidation sites excluding steroid dienone is 6. The quantitative estimate of drug-likeness (QED) is 0.0372. The SMILES string of the molecule is CCCCCCCCCC/C=C/CC/C=C/CCCC(O)C(O)C(CO)NC(=O)CCCCCCCCC/C=C\CCCCCCCCCCCC. The summed E-state index contributed by atoms with van der Waals surface area (Å²) in [6.07, 6.45) is 52.6. The second kappa shape index (κ2) is 42.3. The predicted molar refractivity (Wildman–Crippen MR) is 227 cm³/mol. The summed E-state index contributed by atoms with van der Waals surface area (Å²) in [7, 11) is 0. The lowest BCUT2D eigenvalue weighted by Gasteiger charge is -2.26. The van der Waals surface area contributed by atoms with Crippen molar-refractivity contribution in [1.82, 2.24) is 5.32 Å².